The molecule has 152 valence electrons. The second kappa shape index (κ2) is 8.59. The van der Waals surface area contributed by atoms with Crippen LogP contribution in [0, 0.1) is 13.8 Å². The van der Waals surface area contributed by atoms with Crippen LogP contribution >= 0.6 is 0 Å². The number of nitrogens with one attached hydrogen (secondary N) is 1. The number of H-pyrrole nitrogens is 1. The third-order valence-electron chi connectivity index (χ3n) is 4.25. The van der Waals surface area contributed by atoms with Gasteiger partial charge in [-0.05, 0) is 38.5 Å². The molecule has 0 atom stereocenters. The Balaban J connectivity index is 1.72. The van der Waals surface area contributed by atoms with E-state index in [9.17, 15) is 9.59 Å². The fourth-order valence-corrected chi connectivity index (χ4v) is 2.92. The molecular weight excluding hydrogens is 378 g/mol. The van der Waals surface area contributed by atoms with E-state index in [2.05, 4.69) is 15.1 Å². The third-order valence-corrected chi connectivity index (χ3v) is 4.25. The molecule has 0 saturated heterocycles. The number of aromatic amines is 1. The van der Waals surface area contributed by atoms with Crippen molar-refractivity contribution in [1.82, 2.24) is 15.1 Å². The molecule has 9 nitrogen and oxygen atoms in total. The van der Waals surface area contributed by atoms with Crippen LogP contribution in [0.4, 0.5) is 0 Å². The monoisotopic (exact) mass is 399 g/mol. The highest BCUT2D eigenvalue weighted by atomic mass is 16.6. The number of aryl methyl sites for hydroxylation is 1. The lowest BCUT2D eigenvalue weighted by atomic mass is 10.1. The van der Waals surface area contributed by atoms with Gasteiger partial charge in [0.25, 0.3) is 5.89 Å². The van der Waals surface area contributed by atoms with Crippen LogP contribution < -0.4 is 4.74 Å². The van der Waals surface area contributed by atoms with Crippen molar-refractivity contribution in [1.29, 1.82) is 0 Å². The van der Waals surface area contributed by atoms with E-state index < -0.39 is 11.9 Å². The maximum atomic E-state index is 12.4. The Morgan fingerprint density at radius 3 is 2.66 bits per heavy atom. The maximum Gasteiger partial charge on any atom is 0.355 e. The number of carbonyl (C=O) groups is 2. The summed E-state index contributed by atoms with van der Waals surface area (Å²) in [4.78, 5) is 31.4. The molecule has 3 rings (SSSR count). The minimum absolute atomic E-state index is 0.133. The number of rotatable bonds is 7. The molecule has 0 spiro atoms. The fourth-order valence-electron chi connectivity index (χ4n) is 2.92. The minimum Gasteiger partial charge on any atom is -0.493 e. The fraction of sp³-hybridized carbons (Fsp3) is 0.300. The average Bonchev–Trinajstić information content (AvgIpc) is 3.30. The molecule has 0 amide bonds. The summed E-state index contributed by atoms with van der Waals surface area (Å²) in [5, 5.41) is 3.92. The van der Waals surface area contributed by atoms with Crippen LogP contribution in [0.1, 0.15) is 44.9 Å². The molecule has 0 aliphatic carbocycles. The lowest BCUT2D eigenvalue weighted by Gasteiger charge is -2.06. The lowest BCUT2D eigenvalue weighted by Crippen LogP contribution is -2.08. The normalized spacial score (nSPS) is 10.6. The van der Waals surface area contributed by atoms with Crippen LogP contribution in [0.15, 0.2) is 28.8 Å². The highest BCUT2D eigenvalue weighted by Crippen LogP contribution is 2.27. The lowest BCUT2D eigenvalue weighted by molar-refractivity contribution is 0.0422. The van der Waals surface area contributed by atoms with Crippen molar-refractivity contribution in [2.24, 2.45) is 0 Å². The smallest absolute Gasteiger partial charge is 0.355 e. The van der Waals surface area contributed by atoms with E-state index in [1.165, 1.54) is 7.11 Å². The number of hydrogen-bond donors (Lipinski definition) is 1. The molecule has 1 N–H and O–H groups in total. The van der Waals surface area contributed by atoms with E-state index in [4.69, 9.17) is 18.7 Å². The molecule has 0 radical (unpaired) electrons. The van der Waals surface area contributed by atoms with Gasteiger partial charge >= 0.3 is 11.9 Å². The zero-order valence-corrected chi connectivity index (χ0v) is 16.6. The predicted octanol–water partition coefficient (Wildman–Crippen LogP) is 3.22. The molecule has 29 heavy (non-hydrogen) atoms. The molecule has 9 heteroatoms. The molecule has 0 saturated carbocycles. The van der Waals surface area contributed by atoms with Crippen LogP contribution in [0.3, 0.4) is 0 Å². The Labute approximate surface area is 167 Å². The number of aromatic nitrogens is 3. The van der Waals surface area contributed by atoms with Crippen LogP contribution in [-0.4, -0.2) is 40.8 Å². The molecular formula is C20H21N3O6. The SMILES string of the molecule is CCOc1ccccc1-c1noc(COC(=O)c2[nH]c(C)c(C(=O)OC)c2C)n1. The van der Waals surface area contributed by atoms with E-state index >= 15 is 0 Å². The van der Waals surface area contributed by atoms with Crippen molar-refractivity contribution in [3.05, 3.63) is 52.7 Å². The summed E-state index contributed by atoms with van der Waals surface area (Å²) in [6.45, 7) is 5.49. The number of nitrogens with zero attached hydrogens (tertiary/aromatic N) is 2. The minimum atomic E-state index is -0.643. The van der Waals surface area contributed by atoms with Crippen LogP contribution in [-0.2, 0) is 16.1 Å². The van der Waals surface area contributed by atoms with Gasteiger partial charge in [-0.2, -0.15) is 4.98 Å². The number of hydrogen-bond acceptors (Lipinski definition) is 8. The van der Waals surface area contributed by atoms with Gasteiger partial charge in [0, 0.05) is 5.69 Å². The van der Waals surface area contributed by atoms with Crippen molar-refractivity contribution in [2.75, 3.05) is 13.7 Å². The zero-order valence-electron chi connectivity index (χ0n) is 16.6. The molecule has 1 aromatic carbocycles. The van der Waals surface area contributed by atoms with Crippen LogP contribution in [0.2, 0.25) is 0 Å². The highest BCUT2D eigenvalue weighted by Gasteiger charge is 2.24. The Morgan fingerprint density at radius 1 is 1.17 bits per heavy atom. The second-order valence-electron chi connectivity index (χ2n) is 6.13. The van der Waals surface area contributed by atoms with E-state index in [1.54, 1.807) is 13.8 Å². The topological polar surface area (TPSA) is 117 Å². The Kier molecular flexibility index (Phi) is 5.96. The number of ether oxygens (including phenoxy) is 3. The van der Waals surface area contributed by atoms with E-state index in [-0.39, 0.29) is 18.2 Å². The number of benzene rings is 1. The van der Waals surface area contributed by atoms with Crippen molar-refractivity contribution in [3.63, 3.8) is 0 Å². The Morgan fingerprint density at radius 2 is 1.93 bits per heavy atom. The first-order chi connectivity index (χ1) is 14.0. The van der Waals surface area contributed by atoms with Gasteiger partial charge in [0.05, 0.1) is 24.8 Å². The van der Waals surface area contributed by atoms with Crippen molar-refractivity contribution < 1.29 is 28.3 Å². The summed E-state index contributed by atoms with van der Waals surface area (Å²) in [7, 11) is 1.28. The summed E-state index contributed by atoms with van der Waals surface area (Å²) < 4.78 is 20.7. The average molecular weight is 399 g/mol. The van der Waals surface area contributed by atoms with Gasteiger partial charge < -0.3 is 23.7 Å². The van der Waals surface area contributed by atoms with Crippen LogP contribution in [0.5, 0.6) is 5.75 Å². The molecule has 2 aromatic heterocycles. The first-order valence-electron chi connectivity index (χ1n) is 8.95. The summed E-state index contributed by atoms with van der Waals surface area (Å²) in [6.07, 6.45) is 0. The van der Waals surface area contributed by atoms with Gasteiger partial charge in [-0.1, -0.05) is 17.3 Å². The first kappa shape index (κ1) is 20.1. The molecule has 0 aliphatic rings. The molecule has 3 aromatic rings. The standard InChI is InChI=1S/C20H21N3O6/c1-5-27-14-9-7-6-8-13(14)18-22-15(29-23-18)10-28-20(25)17-11(2)16(12(3)21-17)19(24)26-4/h6-9,21H,5,10H2,1-4H3. The van der Waals surface area contributed by atoms with E-state index in [0.29, 0.717) is 40.6 Å². The molecule has 0 bridgehead atoms. The number of methoxy groups -OCH3 is 1. The van der Waals surface area contributed by atoms with E-state index in [0.717, 1.165) is 0 Å². The highest BCUT2D eigenvalue weighted by molar-refractivity contribution is 5.98. The van der Waals surface area contributed by atoms with Crippen LogP contribution in [0.25, 0.3) is 11.4 Å². The zero-order chi connectivity index (χ0) is 21.0. The summed E-state index contributed by atoms with van der Waals surface area (Å²) in [6, 6.07) is 7.30. The maximum absolute atomic E-state index is 12.4. The molecule has 0 unspecified atom stereocenters. The number of para-hydroxylation sites is 1. The van der Waals surface area contributed by atoms with Gasteiger partial charge in [-0.15, -0.1) is 0 Å². The summed E-state index contributed by atoms with van der Waals surface area (Å²) in [5.74, 6) is -0.0686. The van der Waals surface area contributed by atoms with Crippen molar-refractivity contribution in [3.8, 4) is 17.1 Å². The van der Waals surface area contributed by atoms with Gasteiger partial charge in [0.2, 0.25) is 5.82 Å². The van der Waals surface area contributed by atoms with Crippen molar-refractivity contribution in [2.45, 2.75) is 27.4 Å². The van der Waals surface area contributed by atoms with Gasteiger partial charge in [-0.3, -0.25) is 0 Å². The largest absolute Gasteiger partial charge is 0.493 e. The number of esters is 2. The van der Waals surface area contributed by atoms with Gasteiger partial charge in [0.1, 0.15) is 11.4 Å². The van der Waals surface area contributed by atoms with Crippen molar-refractivity contribution >= 4 is 11.9 Å². The second-order valence-corrected chi connectivity index (χ2v) is 6.13. The molecule has 0 fully saturated rings. The quantitative estimate of drug-likeness (QED) is 0.602. The summed E-state index contributed by atoms with van der Waals surface area (Å²) >= 11 is 0. The molecule has 0 aliphatic heterocycles. The summed E-state index contributed by atoms with van der Waals surface area (Å²) in [5.41, 5.74) is 2.13. The Bertz CT molecular complexity index is 1040. The van der Waals surface area contributed by atoms with E-state index in [1.807, 2.05) is 31.2 Å². The van der Waals surface area contributed by atoms with Gasteiger partial charge in [0.15, 0.2) is 6.61 Å². The number of carbonyl (C=O) groups excluding carboxylic acids is 2. The molecule has 2 heterocycles. The predicted molar refractivity (Wildman–Crippen MR) is 102 cm³/mol. The first-order valence-corrected chi connectivity index (χ1v) is 8.95. The van der Waals surface area contributed by atoms with Gasteiger partial charge in [-0.25, -0.2) is 9.59 Å². The third kappa shape index (κ3) is 4.13. The Hall–Kier alpha value is -3.62.